The van der Waals surface area contributed by atoms with Gasteiger partial charge in [-0.1, -0.05) is 194 Å². The second-order valence-corrected chi connectivity index (χ2v) is 16.9. The van der Waals surface area contributed by atoms with Crippen LogP contribution in [0.4, 0.5) is 0 Å². The van der Waals surface area contributed by atoms with E-state index in [0.717, 1.165) is 38.6 Å². The predicted molar refractivity (Wildman–Crippen MR) is 274 cm³/mol. The molecule has 0 bridgehead atoms. The van der Waals surface area contributed by atoms with Gasteiger partial charge in [0.1, 0.15) is 0 Å². The van der Waals surface area contributed by atoms with Crippen LogP contribution < -0.4 is 0 Å². The van der Waals surface area contributed by atoms with Crippen LogP contribution >= 0.6 is 0 Å². The van der Waals surface area contributed by atoms with Gasteiger partial charge in [0.15, 0.2) is 0 Å². The fourth-order valence-corrected chi connectivity index (χ4v) is 10.1. The minimum atomic E-state index is 0.861. The van der Waals surface area contributed by atoms with Crippen LogP contribution in [0.15, 0.2) is 237 Å². The van der Waals surface area contributed by atoms with Gasteiger partial charge in [-0.05, 0) is 102 Å². The molecule has 0 radical (unpaired) electrons. The number of fused-ring (bicyclic) bond motifs is 10. The summed E-state index contributed by atoms with van der Waals surface area (Å²) in [5, 5.41) is 9.59. The summed E-state index contributed by atoms with van der Waals surface area (Å²) >= 11 is 0. The summed E-state index contributed by atoms with van der Waals surface area (Å²) in [6.07, 6.45) is 1.93. The molecule has 0 saturated carbocycles. The van der Waals surface area contributed by atoms with Crippen molar-refractivity contribution in [2.75, 3.05) is 0 Å². The molecule has 0 saturated heterocycles. The number of aromatic nitrogens is 3. The van der Waals surface area contributed by atoms with Gasteiger partial charge < -0.3 is 4.57 Å². The Morgan fingerprint density at radius 2 is 0.769 bits per heavy atom. The molecule has 13 rings (SSSR count). The van der Waals surface area contributed by atoms with Crippen molar-refractivity contribution in [1.82, 2.24) is 14.5 Å². The zero-order chi connectivity index (χ0) is 42.8. The van der Waals surface area contributed by atoms with Gasteiger partial charge in [-0.2, -0.15) is 0 Å². The van der Waals surface area contributed by atoms with Gasteiger partial charge in [0.2, 0.25) is 0 Å². The molecule has 0 aliphatic rings. The first kappa shape index (κ1) is 36.9. The molecule has 3 heteroatoms. The smallest absolute Gasteiger partial charge is 0.0979 e. The van der Waals surface area contributed by atoms with Crippen LogP contribution in [0, 0.1) is 0 Å². The van der Waals surface area contributed by atoms with E-state index in [9.17, 15) is 0 Å². The molecule has 0 aliphatic heterocycles. The molecule has 0 spiro atoms. The van der Waals surface area contributed by atoms with Crippen molar-refractivity contribution in [3.05, 3.63) is 237 Å². The second-order valence-electron chi connectivity index (χ2n) is 16.9. The largest absolute Gasteiger partial charge is 0.309 e. The SMILES string of the molecule is c1ccc(-n2c3ccccc3c3cc(-c4ccc(-c5ccc(-c6ccc(-c7cccc(-c8cnc9c%10ccccc%10c%10ccccc%10c9n8)c7)c7ccccc67)cc5)cc4)ccc32)cc1. The fourth-order valence-electron chi connectivity index (χ4n) is 10.1. The number of rotatable bonds is 6. The summed E-state index contributed by atoms with van der Waals surface area (Å²) in [4.78, 5) is 10.3. The lowest BCUT2D eigenvalue weighted by molar-refractivity contribution is 1.18. The van der Waals surface area contributed by atoms with Crippen molar-refractivity contribution in [1.29, 1.82) is 0 Å². The Morgan fingerprint density at radius 3 is 1.45 bits per heavy atom. The number of nitrogens with zero attached hydrogens (tertiary/aromatic N) is 3. The number of para-hydroxylation sites is 2. The van der Waals surface area contributed by atoms with E-state index in [1.807, 2.05) is 6.20 Å². The third-order valence-corrected chi connectivity index (χ3v) is 13.3. The molecule has 65 heavy (non-hydrogen) atoms. The van der Waals surface area contributed by atoms with Crippen molar-refractivity contribution >= 4 is 65.2 Å². The minimum absolute atomic E-state index is 0.861. The molecule has 0 unspecified atom stereocenters. The maximum Gasteiger partial charge on any atom is 0.0979 e. The van der Waals surface area contributed by atoms with Gasteiger partial charge >= 0.3 is 0 Å². The monoisotopic (exact) mass is 825 g/mol. The maximum atomic E-state index is 5.29. The van der Waals surface area contributed by atoms with Gasteiger partial charge in [0, 0.05) is 32.8 Å². The first-order valence-corrected chi connectivity index (χ1v) is 22.2. The van der Waals surface area contributed by atoms with Crippen molar-refractivity contribution in [2.24, 2.45) is 0 Å². The average molecular weight is 826 g/mol. The number of hydrogen-bond donors (Lipinski definition) is 0. The Hall–Kier alpha value is -8.66. The highest BCUT2D eigenvalue weighted by Crippen LogP contribution is 2.40. The second kappa shape index (κ2) is 15.0. The number of benzene rings is 11. The summed E-state index contributed by atoms with van der Waals surface area (Å²) in [7, 11) is 0. The molecule has 3 nitrogen and oxygen atoms in total. The van der Waals surface area contributed by atoms with Crippen LogP contribution in [-0.4, -0.2) is 14.5 Å². The van der Waals surface area contributed by atoms with Crippen LogP contribution in [0.1, 0.15) is 0 Å². The summed E-state index contributed by atoms with van der Waals surface area (Å²) in [6, 6.07) is 83.2. The van der Waals surface area contributed by atoms with Gasteiger partial charge in [0.05, 0.1) is 34.0 Å². The minimum Gasteiger partial charge on any atom is -0.309 e. The zero-order valence-electron chi connectivity index (χ0n) is 35.4. The summed E-state index contributed by atoms with van der Waals surface area (Å²) in [6.45, 7) is 0. The molecular formula is C62H39N3. The topological polar surface area (TPSA) is 30.7 Å². The van der Waals surface area contributed by atoms with E-state index < -0.39 is 0 Å². The molecule has 0 N–H and O–H groups in total. The zero-order valence-corrected chi connectivity index (χ0v) is 35.4. The van der Waals surface area contributed by atoms with Crippen LogP contribution in [-0.2, 0) is 0 Å². The molecule has 11 aromatic carbocycles. The fraction of sp³-hybridized carbons (Fsp3) is 0. The Labute approximate surface area is 376 Å². The van der Waals surface area contributed by atoms with Crippen molar-refractivity contribution < 1.29 is 0 Å². The molecule has 0 aliphatic carbocycles. The Bertz CT molecular complexity index is 3940. The highest BCUT2D eigenvalue weighted by molar-refractivity contribution is 6.23. The molecule has 302 valence electrons. The van der Waals surface area contributed by atoms with E-state index >= 15 is 0 Å². The molecule has 0 atom stereocenters. The molecule has 0 amide bonds. The number of hydrogen-bond acceptors (Lipinski definition) is 2. The van der Waals surface area contributed by atoms with E-state index in [1.165, 1.54) is 88.0 Å². The van der Waals surface area contributed by atoms with Crippen molar-refractivity contribution in [3.63, 3.8) is 0 Å². The standard InChI is InChI=1S/C62H39N3/c1-2-15-47(16-3-1)65-59-24-11-10-21-54(59)57-38-44(33-36-60(57)65)42-27-25-40(26-28-42)41-29-31-43(32-30-41)48-34-35-49(51-18-5-4-17-50(48)51)45-13-12-14-46(37-45)58-39-63-61-55-22-8-6-19-52(55)53-20-7-9-23-56(53)62(61)64-58/h1-39H. The van der Waals surface area contributed by atoms with Crippen molar-refractivity contribution in [2.45, 2.75) is 0 Å². The van der Waals surface area contributed by atoms with Gasteiger partial charge in [0.25, 0.3) is 0 Å². The lowest BCUT2D eigenvalue weighted by atomic mass is 9.91. The lowest BCUT2D eigenvalue weighted by Crippen LogP contribution is -1.92. The molecule has 2 heterocycles. The van der Waals surface area contributed by atoms with E-state index in [-0.39, 0.29) is 0 Å². The first-order valence-electron chi connectivity index (χ1n) is 22.2. The third-order valence-electron chi connectivity index (χ3n) is 13.3. The first-order chi connectivity index (χ1) is 32.2. The van der Waals surface area contributed by atoms with Gasteiger partial charge in [-0.25, -0.2) is 4.98 Å². The summed E-state index contributed by atoms with van der Waals surface area (Å²) in [5.41, 5.74) is 16.9. The Balaban J connectivity index is 0.803. The van der Waals surface area contributed by atoms with Crippen molar-refractivity contribution in [3.8, 4) is 61.5 Å². The summed E-state index contributed by atoms with van der Waals surface area (Å²) in [5.74, 6) is 0. The lowest BCUT2D eigenvalue weighted by Gasteiger charge is -2.14. The highest BCUT2D eigenvalue weighted by Gasteiger charge is 2.16. The maximum absolute atomic E-state index is 5.29. The Morgan fingerprint density at radius 1 is 0.277 bits per heavy atom. The Kier molecular flexibility index (Phi) is 8.53. The predicted octanol–water partition coefficient (Wildman–Crippen LogP) is 16.5. The van der Waals surface area contributed by atoms with E-state index in [2.05, 4.69) is 235 Å². The van der Waals surface area contributed by atoms with Crippen LogP contribution in [0.5, 0.6) is 0 Å². The van der Waals surface area contributed by atoms with Crippen LogP contribution in [0.2, 0.25) is 0 Å². The van der Waals surface area contributed by atoms with Gasteiger partial charge in [-0.15, -0.1) is 0 Å². The van der Waals surface area contributed by atoms with Gasteiger partial charge in [-0.3, -0.25) is 4.98 Å². The quantitative estimate of drug-likeness (QED) is 0.156. The normalized spacial score (nSPS) is 11.7. The van der Waals surface area contributed by atoms with E-state index in [4.69, 9.17) is 9.97 Å². The average Bonchev–Trinajstić information content (AvgIpc) is 3.72. The summed E-state index contributed by atoms with van der Waals surface area (Å²) < 4.78 is 2.36. The van der Waals surface area contributed by atoms with Crippen LogP contribution in [0.25, 0.3) is 127 Å². The molecule has 2 aromatic heterocycles. The molecule has 13 aromatic rings. The van der Waals surface area contributed by atoms with Crippen LogP contribution in [0.3, 0.4) is 0 Å². The molecule has 0 fully saturated rings. The van der Waals surface area contributed by atoms with E-state index in [1.54, 1.807) is 0 Å². The van der Waals surface area contributed by atoms with E-state index in [0.29, 0.717) is 0 Å². The highest BCUT2D eigenvalue weighted by atomic mass is 15.0. The third kappa shape index (κ3) is 6.12. The molecular weight excluding hydrogens is 787 g/mol.